The summed E-state index contributed by atoms with van der Waals surface area (Å²) in [6, 6.07) is 2.24. The van der Waals surface area contributed by atoms with E-state index in [9.17, 15) is 0 Å². The van der Waals surface area contributed by atoms with Crippen molar-refractivity contribution in [2.75, 3.05) is 11.9 Å². The minimum absolute atomic E-state index is 0.309. The van der Waals surface area contributed by atoms with Crippen molar-refractivity contribution in [2.24, 2.45) is 5.41 Å². The molecule has 1 heterocycles. The van der Waals surface area contributed by atoms with Crippen LogP contribution in [0.5, 0.6) is 5.88 Å². The van der Waals surface area contributed by atoms with Gasteiger partial charge in [-0.3, -0.25) is 0 Å². The molecule has 1 N–H and O–H groups in total. The third kappa shape index (κ3) is 3.12. The fourth-order valence-corrected chi connectivity index (χ4v) is 2.56. The largest absolute Gasteiger partial charge is 0.478 e. The molecule has 1 atom stereocenters. The van der Waals surface area contributed by atoms with Crippen LogP contribution in [0.4, 0.5) is 5.95 Å². The number of hydrogen-bond acceptors (Lipinski definition) is 4. The molecule has 100 valence electrons. The van der Waals surface area contributed by atoms with Gasteiger partial charge in [0, 0.05) is 18.3 Å². The van der Waals surface area contributed by atoms with Crippen LogP contribution in [0.25, 0.3) is 0 Å². The van der Waals surface area contributed by atoms with E-state index in [2.05, 4.69) is 29.1 Å². The third-order valence-corrected chi connectivity index (χ3v) is 3.73. The van der Waals surface area contributed by atoms with Gasteiger partial charge in [-0.2, -0.15) is 4.98 Å². The van der Waals surface area contributed by atoms with Crippen LogP contribution in [-0.4, -0.2) is 22.6 Å². The fourth-order valence-electron chi connectivity index (χ4n) is 2.56. The van der Waals surface area contributed by atoms with E-state index in [4.69, 9.17) is 4.74 Å². The van der Waals surface area contributed by atoms with Crippen molar-refractivity contribution < 1.29 is 4.74 Å². The summed E-state index contributed by atoms with van der Waals surface area (Å²) in [5.74, 6) is 1.32. The summed E-state index contributed by atoms with van der Waals surface area (Å²) in [6.45, 7) is 7.22. The Morgan fingerprint density at radius 2 is 2.28 bits per heavy atom. The average molecular weight is 249 g/mol. The van der Waals surface area contributed by atoms with Crippen LogP contribution < -0.4 is 10.1 Å². The zero-order chi connectivity index (χ0) is 13.0. The Balaban J connectivity index is 2.06. The van der Waals surface area contributed by atoms with Crippen LogP contribution in [0, 0.1) is 5.41 Å². The molecule has 1 aromatic rings. The van der Waals surface area contributed by atoms with E-state index in [1.165, 1.54) is 25.7 Å². The second kappa shape index (κ2) is 5.55. The molecule has 1 aliphatic carbocycles. The third-order valence-electron chi connectivity index (χ3n) is 3.73. The maximum atomic E-state index is 5.40. The van der Waals surface area contributed by atoms with Crippen molar-refractivity contribution in [3.8, 4) is 5.88 Å². The predicted molar refractivity (Wildman–Crippen MR) is 72.9 cm³/mol. The first-order valence-corrected chi connectivity index (χ1v) is 6.84. The Bertz CT molecular complexity index is 392. The normalized spacial score (nSPS) is 22.5. The predicted octanol–water partition coefficient (Wildman–Crippen LogP) is 3.26. The summed E-state index contributed by atoms with van der Waals surface area (Å²) >= 11 is 0. The molecule has 0 bridgehead atoms. The summed E-state index contributed by atoms with van der Waals surface area (Å²) in [6.07, 6.45) is 6.80. The highest BCUT2D eigenvalue weighted by Gasteiger charge is 2.32. The second-order valence-corrected chi connectivity index (χ2v) is 5.58. The van der Waals surface area contributed by atoms with Gasteiger partial charge in [0.2, 0.25) is 11.8 Å². The number of nitrogens with one attached hydrogen (secondary N) is 1. The number of hydrogen-bond donors (Lipinski definition) is 1. The summed E-state index contributed by atoms with van der Waals surface area (Å²) in [7, 11) is 0. The lowest BCUT2D eigenvalue weighted by Gasteiger charge is -2.39. The van der Waals surface area contributed by atoms with E-state index in [1.54, 1.807) is 12.3 Å². The monoisotopic (exact) mass is 249 g/mol. The molecule has 0 aromatic carbocycles. The van der Waals surface area contributed by atoms with Crippen molar-refractivity contribution in [3.05, 3.63) is 12.3 Å². The number of ether oxygens (including phenoxy) is 1. The molecule has 1 saturated carbocycles. The van der Waals surface area contributed by atoms with Gasteiger partial charge in [-0.25, -0.2) is 4.98 Å². The maximum absolute atomic E-state index is 5.40. The smallest absolute Gasteiger partial charge is 0.226 e. The van der Waals surface area contributed by atoms with E-state index in [-0.39, 0.29) is 0 Å². The van der Waals surface area contributed by atoms with Gasteiger partial charge in [0.15, 0.2) is 0 Å². The Labute approximate surface area is 109 Å². The van der Waals surface area contributed by atoms with Gasteiger partial charge in [-0.1, -0.05) is 26.7 Å². The van der Waals surface area contributed by atoms with Crippen molar-refractivity contribution in [1.82, 2.24) is 9.97 Å². The summed E-state index contributed by atoms with van der Waals surface area (Å²) in [5.41, 5.74) is 0.309. The zero-order valence-electron chi connectivity index (χ0n) is 11.6. The molecule has 0 spiro atoms. The number of rotatable bonds is 4. The topological polar surface area (TPSA) is 47.0 Å². The second-order valence-electron chi connectivity index (χ2n) is 5.58. The maximum Gasteiger partial charge on any atom is 0.226 e. The summed E-state index contributed by atoms with van der Waals surface area (Å²) < 4.78 is 5.40. The number of anilines is 1. The SMILES string of the molecule is CCOc1ccnc(NC2CCCCC2(C)C)n1. The quantitative estimate of drug-likeness (QED) is 0.889. The van der Waals surface area contributed by atoms with Crippen molar-refractivity contribution >= 4 is 5.95 Å². The average Bonchev–Trinajstić information content (AvgIpc) is 2.33. The van der Waals surface area contributed by atoms with Gasteiger partial charge in [-0.15, -0.1) is 0 Å². The fraction of sp³-hybridized carbons (Fsp3) is 0.714. The summed E-state index contributed by atoms with van der Waals surface area (Å²) in [5, 5.41) is 3.47. The van der Waals surface area contributed by atoms with E-state index >= 15 is 0 Å². The van der Waals surface area contributed by atoms with Crippen LogP contribution in [-0.2, 0) is 0 Å². The molecule has 2 rings (SSSR count). The van der Waals surface area contributed by atoms with Gasteiger partial charge in [-0.05, 0) is 25.2 Å². The molecule has 1 fully saturated rings. The Morgan fingerprint density at radius 3 is 3.00 bits per heavy atom. The van der Waals surface area contributed by atoms with Gasteiger partial charge < -0.3 is 10.1 Å². The lowest BCUT2D eigenvalue weighted by atomic mass is 9.73. The van der Waals surface area contributed by atoms with E-state index in [0.717, 1.165) is 0 Å². The standard InChI is InChI=1S/C14H23N3O/c1-4-18-12-8-10-15-13(17-12)16-11-7-5-6-9-14(11,2)3/h8,10-11H,4-7,9H2,1-3H3,(H,15,16,17). The zero-order valence-corrected chi connectivity index (χ0v) is 11.6. The highest BCUT2D eigenvalue weighted by molar-refractivity contribution is 5.30. The Hall–Kier alpha value is -1.32. The molecule has 0 radical (unpaired) electrons. The van der Waals surface area contributed by atoms with Gasteiger partial charge in [0.25, 0.3) is 0 Å². The minimum Gasteiger partial charge on any atom is -0.478 e. The molecule has 18 heavy (non-hydrogen) atoms. The first kappa shape index (κ1) is 13.1. The van der Waals surface area contributed by atoms with Crippen LogP contribution in [0.1, 0.15) is 46.5 Å². The molecular formula is C14H23N3O. The lowest BCUT2D eigenvalue weighted by molar-refractivity contribution is 0.216. The molecule has 4 heteroatoms. The molecule has 1 aromatic heterocycles. The number of nitrogens with zero attached hydrogens (tertiary/aromatic N) is 2. The molecule has 1 unspecified atom stereocenters. The molecular weight excluding hydrogens is 226 g/mol. The lowest BCUT2D eigenvalue weighted by Crippen LogP contribution is -2.39. The highest BCUT2D eigenvalue weighted by Crippen LogP contribution is 2.36. The van der Waals surface area contributed by atoms with Gasteiger partial charge in [0.05, 0.1) is 6.61 Å². The van der Waals surface area contributed by atoms with Crippen molar-refractivity contribution in [2.45, 2.75) is 52.5 Å². The summed E-state index contributed by atoms with van der Waals surface area (Å²) in [4.78, 5) is 8.66. The van der Waals surface area contributed by atoms with Crippen molar-refractivity contribution in [3.63, 3.8) is 0 Å². The molecule has 0 amide bonds. The minimum atomic E-state index is 0.309. The highest BCUT2D eigenvalue weighted by atomic mass is 16.5. The van der Waals surface area contributed by atoms with Gasteiger partial charge >= 0.3 is 0 Å². The molecule has 0 aliphatic heterocycles. The van der Waals surface area contributed by atoms with Crippen LogP contribution in [0.15, 0.2) is 12.3 Å². The van der Waals surface area contributed by atoms with Crippen molar-refractivity contribution in [1.29, 1.82) is 0 Å². The Morgan fingerprint density at radius 1 is 1.44 bits per heavy atom. The first-order chi connectivity index (χ1) is 8.62. The van der Waals surface area contributed by atoms with Crippen LogP contribution in [0.3, 0.4) is 0 Å². The van der Waals surface area contributed by atoms with E-state index in [0.29, 0.717) is 29.9 Å². The van der Waals surface area contributed by atoms with Crippen LogP contribution in [0.2, 0.25) is 0 Å². The Kier molecular flexibility index (Phi) is 4.04. The molecule has 0 saturated heterocycles. The first-order valence-electron chi connectivity index (χ1n) is 6.84. The molecule has 4 nitrogen and oxygen atoms in total. The molecule has 1 aliphatic rings. The van der Waals surface area contributed by atoms with Crippen LogP contribution >= 0.6 is 0 Å². The number of aromatic nitrogens is 2. The van der Waals surface area contributed by atoms with E-state index in [1.807, 2.05) is 6.92 Å². The van der Waals surface area contributed by atoms with Gasteiger partial charge in [0.1, 0.15) is 0 Å². The van der Waals surface area contributed by atoms with E-state index < -0.39 is 0 Å².